The fourth-order valence-electron chi connectivity index (χ4n) is 1.06. The van der Waals surface area contributed by atoms with Crippen molar-refractivity contribution in [1.29, 1.82) is 0 Å². The van der Waals surface area contributed by atoms with Crippen molar-refractivity contribution in [2.24, 2.45) is 11.5 Å². The summed E-state index contributed by atoms with van der Waals surface area (Å²) in [6.45, 7) is 3.41. The fraction of sp³-hybridized carbons (Fsp3) is 0.625. The number of hydrogen-bond donors (Lipinski definition) is 3. The first-order chi connectivity index (χ1) is 6.23. The highest BCUT2D eigenvalue weighted by Crippen LogP contribution is 2.07. The van der Waals surface area contributed by atoms with E-state index in [2.05, 4.69) is 17.5 Å². The maximum absolute atomic E-state index is 11.2. The number of amides is 2. The van der Waals surface area contributed by atoms with Crippen LogP contribution in [0.4, 0.5) is 0 Å². The number of primary amides is 1. The van der Waals surface area contributed by atoms with Crippen molar-refractivity contribution in [2.45, 2.75) is 32.2 Å². The van der Waals surface area contributed by atoms with Crippen molar-refractivity contribution < 1.29 is 9.59 Å². The van der Waals surface area contributed by atoms with E-state index in [-0.39, 0.29) is 23.7 Å². The molecule has 5 N–H and O–H groups in total. The minimum Gasteiger partial charge on any atom is -0.393 e. The van der Waals surface area contributed by atoms with Crippen LogP contribution in [0, 0.1) is 0 Å². The fourth-order valence-corrected chi connectivity index (χ4v) is 1.19. The first kappa shape index (κ1) is 12.8. The number of rotatable bonds is 5. The summed E-state index contributed by atoms with van der Waals surface area (Å²) in [7, 11) is 0. The molecule has 6 heteroatoms. The van der Waals surface area contributed by atoms with Crippen LogP contribution in [-0.2, 0) is 9.59 Å². The van der Waals surface area contributed by atoms with Crippen LogP contribution in [0.5, 0.6) is 0 Å². The van der Waals surface area contributed by atoms with Gasteiger partial charge >= 0.3 is 0 Å². The number of carbonyl (C=O) groups excluding carboxylic acids is 2. The Morgan fingerprint density at radius 2 is 1.86 bits per heavy atom. The highest BCUT2D eigenvalue weighted by atomic mass is 32.1. The summed E-state index contributed by atoms with van der Waals surface area (Å²) in [5.41, 5.74) is 9.55. The second-order valence-corrected chi connectivity index (χ2v) is 4.24. The quantitative estimate of drug-likeness (QED) is 0.537. The van der Waals surface area contributed by atoms with E-state index >= 15 is 0 Å². The second-order valence-electron chi connectivity index (χ2n) is 3.72. The molecule has 0 aliphatic rings. The van der Waals surface area contributed by atoms with Crippen LogP contribution in [0.3, 0.4) is 0 Å². The highest BCUT2D eigenvalue weighted by molar-refractivity contribution is 7.80. The van der Waals surface area contributed by atoms with E-state index in [4.69, 9.17) is 11.5 Å². The molecule has 0 aromatic rings. The molecule has 0 saturated carbocycles. The van der Waals surface area contributed by atoms with Crippen molar-refractivity contribution in [3.05, 3.63) is 0 Å². The molecule has 0 atom stereocenters. The van der Waals surface area contributed by atoms with E-state index in [1.807, 2.05) is 0 Å². The van der Waals surface area contributed by atoms with E-state index < -0.39 is 11.4 Å². The average Bonchev–Trinajstić information content (AvgIpc) is 1.77. The van der Waals surface area contributed by atoms with Gasteiger partial charge in [-0.15, -0.1) is 0 Å². The van der Waals surface area contributed by atoms with Crippen LogP contribution in [0.2, 0.25) is 0 Å². The Morgan fingerprint density at radius 3 is 2.21 bits per heavy atom. The Hall–Kier alpha value is -1.17. The van der Waals surface area contributed by atoms with E-state index in [0.29, 0.717) is 0 Å². The van der Waals surface area contributed by atoms with Gasteiger partial charge in [0.1, 0.15) is 0 Å². The molecule has 2 amide bonds. The molecule has 0 aromatic heterocycles. The van der Waals surface area contributed by atoms with Crippen molar-refractivity contribution in [1.82, 2.24) is 5.32 Å². The monoisotopic (exact) mass is 217 g/mol. The van der Waals surface area contributed by atoms with Gasteiger partial charge in [-0.3, -0.25) is 9.59 Å². The summed E-state index contributed by atoms with van der Waals surface area (Å²) in [6, 6.07) is 0. The predicted molar refractivity (Wildman–Crippen MR) is 57.4 cm³/mol. The number of nitrogens with one attached hydrogen (secondary N) is 1. The minimum atomic E-state index is -0.659. The first-order valence-electron chi connectivity index (χ1n) is 4.10. The van der Waals surface area contributed by atoms with Crippen LogP contribution in [0.1, 0.15) is 26.7 Å². The highest BCUT2D eigenvalue weighted by Gasteiger charge is 2.22. The summed E-state index contributed by atoms with van der Waals surface area (Å²) < 4.78 is 0. The third-order valence-corrected chi connectivity index (χ3v) is 1.57. The van der Waals surface area contributed by atoms with Crippen molar-refractivity contribution in [3.8, 4) is 0 Å². The number of carbonyl (C=O) groups is 2. The molecule has 0 aliphatic carbocycles. The second kappa shape index (κ2) is 4.90. The standard InChI is InChI=1S/C8H15N3O2S/c1-8(2,4-5(9)12)11-7(13)3-6(10)14/h3-4H2,1-2H3,(H2,9,12)(H2,10,14)(H,11,13). The van der Waals surface area contributed by atoms with Crippen LogP contribution < -0.4 is 16.8 Å². The summed E-state index contributed by atoms with van der Waals surface area (Å²) in [5, 5.41) is 2.61. The van der Waals surface area contributed by atoms with Crippen LogP contribution in [0.25, 0.3) is 0 Å². The molecule has 0 heterocycles. The van der Waals surface area contributed by atoms with Gasteiger partial charge < -0.3 is 16.8 Å². The maximum atomic E-state index is 11.2. The SMILES string of the molecule is CC(C)(CC(N)=O)NC(=O)CC(N)=S. The Balaban J connectivity index is 4.14. The van der Waals surface area contributed by atoms with E-state index in [1.54, 1.807) is 13.8 Å². The Kier molecular flexibility index (Phi) is 4.49. The molecule has 14 heavy (non-hydrogen) atoms. The van der Waals surface area contributed by atoms with Gasteiger partial charge in [0.25, 0.3) is 0 Å². The summed E-state index contributed by atoms with van der Waals surface area (Å²) >= 11 is 4.57. The molecule has 80 valence electrons. The Labute approximate surface area is 88.2 Å². The summed E-state index contributed by atoms with van der Waals surface area (Å²) in [6.07, 6.45) is 0.0631. The topological polar surface area (TPSA) is 98.2 Å². The third kappa shape index (κ3) is 6.36. The Morgan fingerprint density at radius 1 is 1.36 bits per heavy atom. The van der Waals surface area contributed by atoms with Crippen LogP contribution in [0.15, 0.2) is 0 Å². The lowest BCUT2D eigenvalue weighted by Gasteiger charge is -2.24. The van der Waals surface area contributed by atoms with E-state index in [9.17, 15) is 9.59 Å². The van der Waals surface area contributed by atoms with E-state index in [1.165, 1.54) is 0 Å². The van der Waals surface area contributed by atoms with Gasteiger partial charge in [0, 0.05) is 12.0 Å². The average molecular weight is 217 g/mol. The van der Waals surface area contributed by atoms with Gasteiger partial charge in [0.15, 0.2) is 0 Å². The van der Waals surface area contributed by atoms with Crippen LogP contribution >= 0.6 is 12.2 Å². The summed E-state index contributed by atoms with van der Waals surface area (Å²) in [5.74, 6) is -0.769. The molecule has 5 nitrogen and oxygen atoms in total. The zero-order valence-electron chi connectivity index (χ0n) is 8.29. The molecule has 0 unspecified atom stereocenters. The third-order valence-electron chi connectivity index (χ3n) is 1.43. The molecule has 0 rings (SSSR count). The van der Waals surface area contributed by atoms with Gasteiger partial charge in [0.2, 0.25) is 11.8 Å². The van der Waals surface area contributed by atoms with Crippen molar-refractivity contribution >= 4 is 29.0 Å². The molecular weight excluding hydrogens is 202 g/mol. The lowest BCUT2D eigenvalue weighted by molar-refractivity contribution is -0.123. The van der Waals surface area contributed by atoms with Gasteiger partial charge in [-0.05, 0) is 13.8 Å². The predicted octanol–water partition coefficient (Wildman–Crippen LogP) is -0.567. The normalized spacial score (nSPS) is 10.7. The minimum absolute atomic E-state index is 0.0163. The van der Waals surface area contributed by atoms with Crippen molar-refractivity contribution in [3.63, 3.8) is 0 Å². The maximum Gasteiger partial charge on any atom is 0.227 e. The Bertz CT molecular complexity index is 263. The molecule has 0 fully saturated rings. The molecular formula is C8H15N3O2S. The molecule has 0 aliphatic heterocycles. The number of nitrogens with two attached hydrogens (primary N) is 2. The molecule has 0 bridgehead atoms. The summed E-state index contributed by atoms with van der Waals surface area (Å²) in [4.78, 5) is 22.0. The smallest absolute Gasteiger partial charge is 0.227 e. The van der Waals surface area contributed by atoms with Gasteiger partial charge in [-0.25, -0.2) is 0 Å². The zero-order valence-corrected chi connectivity index (χ0v) is 9.11. The number of hydrogen-bond acceptors (Lipinski definition) is 3. The number of thiocarbonyl (C=S) groups is 1. The largest absolute Gasteiger partial charge is 0.393 e. The van der Waals surface area contributed by atoms with Gasteiger partial charge in [0.05, 0.1) is 11.4 Å². The lowest BCUT2D eigenvalue weighted by Crippen LogP contribution is -2.46. The molecule has 0 spiro atoms. The first-order valence-corrected chi connectivity index (χ1v) is 4.51. The van der Waals surface area contributed by atoms with Crippen LogP contribution in [-0.4, -0.2) is 22.3 Å². The van der Waals surface area contributed by atoms with E-state index in [0.717, 1.165) is 0 Å². The lowest BCUT2D eigenvalue weighted by atomic mass is 10.00. The van der Waals surface area contributed by atoms with Gasteiger partial charge in [-0.2, -0.15) is 0 Å². The zero-order chi connectivity index (χ0) is 11.4. The van der Waals surface area contributed by atoms with Gasteiger partial charge in [-0.1, -0.05) is 12.2 Å². The molecule has 0 saturated heterocycles. The van der Waals surface area contributed by atoms with Crippen molar-refractivity contribution in [2.75, 3.05) is 0 Å². The molecule has 0 aromatic carbocycles. The molecule has 0 radical (unpaired) electrons.